The predicted octanol–water partition coefficient (Wildman–Crippen LogP) is 5.45. The Hall–Kier alpha value is -7.15. The molecule has 71 heavy (non-hydrogen) atoms. The number of rotatable bonds is 7. The Kier molecular flexibility index (Phi) is 19.2. The van der Waals surface area contributed by atoms with E-state index < -0.39 is 17.5 Å². The fourth-order valence-electron chi connectivity index (χ4n) is 7.52. The summed E-state index contributed by atoms with van der Waals surface area (Å²) in [6, 6.07) is 11.3. The molecule has 3 aliphatic heterocycles. The molecule has 5 aromatic heterocycles. The zero-order chi connectivity index (χ0) is 51.0. The maximum Gasteiger partial charge on any atom is 0.229 e. The number of hydrogen-bond acceptors (Lipinski definition) is 16. The second-order valence-electron chi connectivity index (χ2n) is 16.3. The van der Waals surface area contributed by atoms with Gasteiger partial charge in [-0.1, -0.05) is 11.6 Å². The molecule has 0 spiro atoms. The average molecular weight is 1040 g/mol. The molecule has 376 valence electrons. The second-order valence-corrected chi connectivity index (χ2v) is 17.3. The molecule has 7 aromatic rings. The number of benzene rings is 2. The van der Waals surface area contributed by atoms with Crippen LogP contribution >= 0.6 is 34.8 Å². The van der Waals surface area contributed by atoms with E-state index in [0.29, 0.717) is 32.6 Å². The van der Waals surface area contributed by atoms with E-state index in [-0.39, 0.29) is 68.8 Å². The minimum Gasteiger partial charge on any atom is -0.399 e. The Morgan fingerprint density at radius 2 is 1.15 bits per heavy atom. The number of primary amides is 3. The van der Waals surface area contributed by atoms with Crippen molar-refractivity contribution in [1.82, 2.24) is 55.6 Å². The van der Waals surface area contributed by atoms with Crippen molar-refractivity contribution in [3.8, 4) is 0 Å². The molecule has 0 radical (unpaired) electrons. The van der Waals surface area contributed by atoms with Crippen molar-refractivity contribution in [2.24, 2.45) is 35.0 Å². The molecular formula is C44H50Cl3F3N18O3. The molecule has 0 saturated carbocycles. The molecule has 3 saturated heterocycles. The number of piperidine rings is 3. The standard InChI is InChI=1S/C17H18FN7O.C10H12ClFN4O.C7H7N3.C6H12N2O.C4HCl2FN2/c18-13-8-20-17(22-12-4-3-10-7-21-24-14(10)6-12)23-16(13)25-5-1-2-11(9-25)15(19)26;11-10-14-4-7(12)9(15-10)16-3-1-2-6(5-16)8(13)17;8-6-2-1-5-4-9-10-7(5)3-6;7-6(9)5-2-1-3-8-4-5;5-3-2(7)1-8-4(6)9-3/h3-4,6-8,11H,1-2,5,9H2,(H2,19,26)(H,21,24)(H,20,22,23);4,6H,1-3,5H2,(H2,13,17);1-4H,8H2,(H,9,10);5,8H,1-4H2,(H2,7,9);1H. The lowest BCUT2D eigenvalue weighted by atomic mass is 9.97. The van der Waals surface area contributed by atoms with Gasteiger partial charge in [0, 0.05) is 54.9 Å². The van der Waals surface area contributed by atoms with Crippen LogP contribution in [0.25, 0.3) is 21.8 Å². The van der Waals surface area contributed by atoms with Crippen LogP contribution in [-0.4, -0.2) is 107 Å². The zero-order valence-corrected chi connectivity index (χ0v) is 40.1. The normalized spacial score (nSPS) is 17.5. The molecule has 10 rings (SSSR count). The van der Waals surface area contributed by atoms with Crippen LogP contribution < -0.4 is 43.4 Å². The van der Waals surface area contributed by atoms with Crippen LogP contribution in [-0.2, 0) is 14.4 Å². The van der Waals surface area contributed by atoms with Crippen LogP contribution in [0.5, 0.6) is 0 Å². The molecule has 0 bridgehead atoms. The first-order chi connectivity index (χ1) is 34.0. The third-order valence-corrected chi connectivity index (χ3v) is 11.8. The fourth-order valence-corrected chi connectivity index (χ4v) is 7.96. The number of H-pyrrole nitrogens is 2. The molecular weight excluding hydrogens is 992 g/mol. The summed E-state index contributed by atoms with van der Waals surface area (Å²) in [5.74, 6) is -2.51. The number of carbonyl (C=O) groups is 3. The molecule has 27 heteroatoms. The van der Waals surface area contributed by atoms with E-state index >= 15 is 0 Å². The summed E-state index contributed by atoms with van der Waals surface area (Å²) in [5, 5.41) is 21.5. The lowest BCUT2D eigenvalue weighted by Crippen LogP contribution is -2.42. The third-order valence-electron chi connectivity index (χ3n) is 11.2. The number of nitrogens with zero attached hydrogens (tertiary/aromatic N) is 10. The first-order valence-electron chi connectivity index (χ1n) is 22.1. The quantitative estimate of drug-likeness (QED) is 0.0559. The van der Waals surface area contributed by atoms with E-state index in [9.17, 15) is 27.6 Å². The van der Waals surface area contributed by atoms with Gasteiger partial charge in [-0.05, 0) is 105 Å². The molecule has 12 N–H and O–H groups in total. The highest BCUT2D eigenvalue weighted by Gasteiger charge is 2.28. The van der Waals surface area contributed by atoms with Crippen LogP contribution in [0.3, 0.4) is 0 Å². The summed E-state index contributed by atoms with van der Waals surface area (Å²) in [7, 11) is 0. The second kappa shape index (κ2) is 25.6. The van der Waals surface area contributed by atoms with Crippen molar-refractivity contribution in [3.63, 3.8) is 0 Å². The number of nitrogens with two attached hydrogens (primary N) is 4. The first kappa shape index (κ1) is 53.2. The summed E-state index contributed by atoms with van der Waals surface area (Å²) >= 11 is 16.1. The van der Waals surface area contributed by atoms with Crippen molar-refractivity contribution in [2.45, 2.75) is 38.5 Å². The zero-order valence-electron chi connectivity index (χ0n) is 37.8. The van der Waals surface area contributed by atoms with Crippen molar-refractivity contribution < 1.29 is 27.6 Å². The number of nitrogen functional groups attached to an aromatic ring is 1. The molecule has 21 nitrogen and oxygen atoms in total. The van der Waals surface area contributed by atoms with E-state index in [1.807, 2.05) is 36.4 Å². The van der Waals surface area contributed by atoms with Gasteiger partial charge in [0.1, 0.15) is 0 Å². The number of anilines is 5. The molecule has 3 fully saturated rings. The van der Waals surface area contributed by atoms with E-state index in [0.717, 1.165) is 97.0 Å². The maximum absolute atomic E-state index is 14.3. The number of nitrogens with one attached hydrogen (secondary N) is 4. The molecule has 8 heterocycles. The van der Waals surface area contributed by atoms with E-state index in [4.69, 9.17) is 57.7 Å². The monoisotopic (exact) mass is 1040 g/mol. The van der Waals surface area contributed by atoms with Gasteiger partial charge in [0.15, 0.2) is 34.2 Å². The SMILES string of the molecule is Fc1cnc(Cl)nc1Cl.NC(=O)C1CCCN(c2nc(Cl)ncc2F)C1.NC(=O)C1CCCN(c2nc(Nc3ccc4cn[nH]c4c3)ncc2F)C1.NC(=O)C1CCCNC1.Nc1ccc2cn[nH]c2c1. The third kappa shape index (κ3) is 15.7. The number of aromatic amines is 2. The maximum atomic E-state index is 14.3. The van der Waals surface area contributed by atoms with Gasteiger partial charge in [-0.15, -0.1) is 0 Å². The molecule has 3 atom stereocenters. The highest BCUT2D eigenvalue weighted by Crippen LogP contribution is 2.27. The summed E-state index contributed by atoms with van der Waals surface area (Å²) < 4.78 is 40.0. The smallest absolute Gasteiger partial charge is 0.229 e. The Balaban J connectivity index is 0.000000157. The van der Waals surface area contributed by atoms with Gasteiger partial charge in [0.25, 0.3) is 0 Å². The average Bonchev–Trinajstić information content (AvgIpc) is 4.05. The van der Waals surface area contributed by atoms with Crippen molar-refractivity contribution >= 4 is 103 Å². The predicted molar refractivity (Wildman–Crippen MR) is 264 cm³/mol. The van der Waals surface area contributed by atoms with Crippen LogP contribution in [0.15, 0.2) is 67.4 Å². The molecule has 2 aromatic carbocycles. The fraction of sp³-hybridized carbons (Fsp3) is 0.341. The number of amides is 3. The Bertz CT molecular complexity index is 2910. The first-order valence-corrected chi connectivity index (χ1v) is 23.2. The van der Waals surface area contributed by atoms with E-state index in [1.54, 1.807) is 22.2 Å². The minimum absolute atomic E-state index is 0.0115. The van der Waals surface area contributed by atoms with Crippen molar-refractivity contribution in [1.29, 1.82) is 0 Å². The van der Waals surface area contributed by atoms with Gasteiger partial charge < -0.3 is 43.4 Å². The van der Waals surface area contributed by atoms with Crippen molar-refractivity contribution in [2.75, 3.05) is 60.1 Å². The molecule has 3 aliphatic rings. The summed E-state index contributed by atoms with van der Waals surface area (Å²) in [6.07, 6.45) is 11.6. The number of hydrogen-bond donors (Lipinski definition) is 8. The van der Waals surface area contributed by atoms with Crippen LogP contribution in [0, 0.1) is 35.2 Å². The number of fused-ring (bicyclic) bond motifs is 2. The van der Waals surface area contributed by atoms with Crippen molar-refractivity contribution in [3.05, 3.63) is 101 Å². The Morgan fingerprint density at radius 1 is 0.634 bits per heavy atom. The van der Waals surface area contributed by atoms with Gasteiger partial charge in [0.05, 0.1) is 59.8 Å². The number of carbonyl (C=O) groups excluding carboxylic acids is 3. The molecule has 3 amide bonds. The highest BCUT2D eigenvalue weighted by molar-refractivity contribution is 6.31. The van der Waals surface area contributed by atoms with Gasteiger partial charge in [-0.3, -0.25) is 24.6 Å². The van der Waals surface area contributed by atoms with Gasteiger partial charge >= 0.3 is 0 Å². The van der Waals surface area contributed by atoms with Gasteiger partial charge in [-0.25, -0.2) is 33.1 Å². The van der Waals surface area contributed by atoms with Crippen LogP contribution in [0.2, 0.25) is 15.7 Å². The Labute approximate surface area is 419 Å². The Morgan fingerprint density at radius 3 is 1.69 bits per heavy atom. The molecule has 3 unspecified atom stereocenters. The minimum atomic E-state index is -0.666. The number of halogens is 6. The topological polar surface area (TPSA) is 321 Å². The molecule has 0 aliphatic carbocycles. The van der Waals surface area contributed by atoms with E-state index in [2.05, 4.69) is 60.9 Å². The van der Waals surface area contributed by atoms with Gasteiger partial charge in [-0.2, -0.15) is 20.2 Å². The summed E-state index contributed by atoms with van der Waals surface area (Å²) in [6.45, 7) is 3.80. The summed E-state index contributed by atoms with van der Waals surface area (Å²) in [4.78, 5) is 58.9. The summed E-state index contributed by atoms with van der Waals surface area (Å²) in [5.41, 5.74) is 24.7. The lowest BCUT2D eigenvalue weighted by Gasteiger charge is -2.32. The highest BCUT2D eigenvalue weighted by atomic mass is 35.5. The lowest BCUT2D eigenvalue weighted by molar-refractivity contribution is -0.123. The van der Waals surface area contributed by atoms with Crippen LogP contribution in [0.4, 0.5) is 42.1 Å². The largest absolute Gasteiger partial charge is 0.399 e. The van der Waals surface area contributed by atoms with E-state index in [1.165, 1.54) is 0 Å². The number of aromatic nitrogens is 10. The van der Waals surface area contributed by atoms with Gasteiger partial charge in [0.2, 0.25) is 34.2 Å². The van der Waals surface area contributed by atoms with Crippen LogP contribution in [0.1, 0.15) is 38.5 Å².